The number of carbonyl (C=O) groups excluding carboxylic acids is 1. The summed E-state index contributed by atoms with van der Waals surface area (Å²) in [6, 6.07) is 0. The van der Waals surface area contributed by atoms with Crippen molar-refractivity contribution in [2.75, 3.05) is 0 Å². The van der Waals surface area contributed by atoms with Gasteiger partial charge in [-0.1, -0.05) is 0 Å². The Kier molecular flexibility index (Phi) is 3.63. The van der Waals surface area contributed by atoms with E-state index in [4.69, 9.17) is 10.2 Å². The van der Waals surface area contributed by atoms with Gasteiger partial charge in [-0.25, -0.2) is 4.79 Å². The smallest absolute Gasteiger partial charge is 0.328 e. The molecule has 4 heteroatoms. The highest BCUT2D eigenvalue weighted by Gasteiger charge is 1.89. The maximum absolute atomic E-state index is 10.4. The van der Waals surface area contributed by atoms with E-state index in [1.54, 1.807) is 0 Å². The number of ketones is 1. The van der Waals surface area contributed by atoms with Crippen LogP contribution in [0.3, 0.4) is 0 Å². The van der Waals surface area contributed by atoms with Crippen LogP contribution in [0.2, 0.25) is 0 Å². The van der Waals surface area contributed by atoms with Gasteiger partial charge < -0.3 is 10.2 Å². The SMILES string of the molecule is O=C(O)/C=C\C(=O)C=CO. The summed E-state index contributed by atoms with van der Waals surface area (Å²) in [6.07, 6.45) is 2.94. The summed E-state index contributed by atoms with van der Waals surface area (Å²) in [7, 11) is 0. The third kappa shape index (κ3) is 4.58. The van der Waals surface area contributed by atoms with E-state index in [0.717, 1.165) is 12.2 Å². The molecule has 0 aromatic carbocycles. The minimum Gasteiger partial charge on any atom is -0.515 e. The van der Waals surface area contributed by atoms with Gasteiger partial charge in [0.25, 0.3) is 0 Å². The maximum atomic E-state index is 10.4. The maximum Gasteiger partial charge on any atom is 0.328 e. The summed E-state index contributed by atoms with van der Waals surface area (Å²) >= 11 is 0. The fourth-order valence-corrected chi connectivity index (χ4v) is 0.282. The first kappa shape index (κ1) is 8.42. The highest BCUT2D eigenvalue weighted by molar-refractivity contribution is 6.02. The van der Waals surface area contributed by atoms with E-state index in [1.807, 2.05) is 0 Å². The number of allylic oxidation sites excluding steroid dienone is 2. The number of carboxylic acid groups (broad SMARTS) is 1. The lowest BCUT2D eigenvalue weighted by atomic mass is 10.3. The molecule has 0 bridgehead atoms. The number of hydrogen-bond donors (Lipinski definition) is 2. The number of hydrogen-bond acceptors (Lipinski definition) is 3. The van der Waals surface area contributed by atoms with E-state index < -0.39 is 11.8 Å². The van der Waals surface area contributed by atoms with Crippen LogP contribution in [0.1, 0.15) is 0 Å². The fourth-order valence-electron chi connectivity index (χ4n) is 0.282. The van der Waals surface area contributed by atoms with Crippen LogP contribution < -0.4 is 0 Å². The van der Waals surface area contributed by atoms with Gasteiger partial charge in [-0.15, -0.1) is 0 Å². The third-order valence-electron chi connectivity index (χ3n) is 0.629. The molecule has 0 aliphatic heterocycles. The molecule has 0 radical (unpaired) electrons. The van der Waals surface area contributed by atoms with Crippen LogP contribution in [-0.2, 0) is 9.59 Å². The monoisotopic (exact) mass is 142 g/mol. The molecule has 54 valence electrons. The average Bonchev–Trinajstić information content (AvgIpc) is 1.85. The molecule has 2 N–H and O–H groups in total. The fraction of sp³-hybridized carbons (Fsp3) is 0. The molecule has 0 unspecified atom stereocenters. The minimum atomic E-state index is -1.19. The van der Waals surface area contributed by atoms with Crippen molar-refractivity contribution >= 4 is 11.8 Å². The van der Waals surface area contributed by atoms with Crippen molar-refractivity contribution in [3.05, 3.63) is 24.5 Å². The first-order valence-corrected chi connectivity index (χ1v) is 2.42. The van der Waals surface area contributed by atoms with Gasteiger partial charge in [0.1, 0.15) is 0 Å². The molecule has 0 aliphatic rings. The average molecular weight is 142 g/mol. The summed E-state index contributed by atoms with van der Waals surface area (Å²) in [5, 5.41) is 16.0. The van der Waals surface area contributed by atoms with Crippen LogP contribution in [0.15, 0.2) is 24.5 Å². The zero-order chi connectivity index (χ0) is 7.98. The van der Waals surface area contributed by atoms with Crippen LogP contribution in [-0.4, -0.2) is 22.0 Å². The highest BCUT2D eigenvalue weighted by atomic mass is 16.4. The second-order valence-electron chi connectivity index (χ2n) is 1.39. The largest absolute Gasteiger partial charge is 0.515 e. The summed E-state index contributed by atoms with van der Waals surface area (Å²) in [5.41, 5.74) is 0. The number of aliphatic hydroxyl groups is 1. The van der Waals surface area contributed by atoms with E-state index in [1.165, 1.54) is 0 Å². The Bertz CT molecular complexity index is 190. The molecule has 0 amide bonds. The van der Waals surface area contributed by atoms with E-state index in [2.05, 4.69) is 0 Å². The summed E-state index contributed by atoms with van der Waals surface area (Å²) in [5.74, 6) is -1.76. The summed E-state index contributed by atoms with van der Waals surface area (Å²) in [4.78, 5) is 20.1. The Balaban J connectivity index is 3.90. The van der Waals surface area contributed by atoms with Crippen molar-refractivity contribution < 1.29 is 19.8 Å². The Morgan fingerprint density at radius 3 is 2.10 bits per heavy atom. The predicted octanol–water partition coefficient (Wildman–Crippen LogP) is 0.268. The van der Waals surface area contributed by atoms with Gasteiger partial charge in [-0.2, -0.15) is 0 Å². The van der Waals surface area contributed by atoms with Crippen LogP contribution >= 0.6 is 0 Å². The lowest BCUT2D eigenvalue weighted by Crippen LogP contribution is -1.90. The molecule has 0 heterocycles. The molecule has 10 heavy (non-hydrogen) atoms. The molecular formula is C6H6O4. The number of aliphatic carboxylic acids is 1. The minimum absolute atomic E-state index is 0.550. The van der Waals surface area contributed by atoms with Crippen molar-refractivity contribution in [2.24, 2.45) is 0 Å². The number of aliphatic hydroxyl groups excluding tert-OH is 1. The zero-order valence-corrected chi connectivity index (χ0v) is 5.02. The van der Waals surface area contributed by atoms with Crippen LogP contribution in [0.5, 0.6) is 0 Å². The Hall–Kier alpha value is -1.58. The molecule has 4 nitrogen and oxygen atoms in total. The second kappa shape index (κ2) is 4.31. The molecule has 0 saturated carbocycles. The van der Waals surface area contributed by atoms with Gasteiger partial charge in [0, 0.05) is 12.2 Å². The summed E-state index contributed by atoms with van der Waals surface area (Å²) in [6.45, 7) is 0. The molecule has 0 saturated heterocycles. The molecule has 0 aromatic rings. The van der Waals surface area contributed by atoms with Crippen molar-refractivity contribution in [3.8, 4) is 0 Å². The molecule has 0 atom stereocenters. The van der Waals surface area contributed by atoms with Crippen molar-refractivity contribution in [3.63, 3.8) is 0 Å². The van der Waals surface area contributed by atoms with E-state index in [-0.39, 0.29) is 0 Å². The molecule has 0 aromatic heterocycles. The van der Waals surface area contributed by atoms with E-state index in [0.29, 0.717) is 12.3 Å². The van der Waals surface area contributed by atoms with Crippen LogP contribution in [0, 0.1) is 0 Å². The number of rotatable bonds is 3. The molecule has 0 aliphatic carbocycles. The number of carboxylic acids is 1. The first-order chi connectivity index (χ1) is 4.66. The molecular weight excluding hydrogens is 136 g/mol. The molecule has 0 fully saturated rings. The van der Waals surface area contributed by atoms with Crippen LogP contribution in [0.25, 0.3) is 0 Å². The van der Waals surface area contributed by atoms with Gasteiger partial charge >= 0.3 is 5.97 Å². The Morgan fingerprint density at radius 2 is 1.70 bits per heavy atom. The van der Waals surface area contributed by atoms with E-state index >= 15 is 0 Å². The first-order valence-electron chi connectivity index (χ1n) is 2.42. The van der Waals surface area contributed by atoms with Crippen LogP contribution in [0.4, 0.5) is 0 Å². The Morgan fingerprint density at radius 1 is 1.10 bits per heavy atom. The standard InChI is InChI=1S/C6H6O4/c7-4-3-5(8)1-2-6(9)10/h1-4,7H,(H,9,10)/b2-1-,4-3?. The van der Waals surface area contributed by atoms with Crippen molar-refractivity contribution in [1.29, 1.82) is 0 Å². The van der Waals surface area contributed by atoms with E-state index in [9.17, 15) is 9.59 Å². The predicted molar refractivity (Wildman–Crippen MR) is 33.6 cm³/mol. The van der Waals surface area contributed by atoms with Crippen molar-refractivity contribution in [2.45, 2.75) is 0 Å². The van der Waals surface area contributed by atoms with Gasteiger partial charge in [0.15, 0.2) is 5.78 Å². The highest BCUT2D eigenvalue weighted by Crippen LogP contribution is 1.78. The van der Waals surface area contributed by atoms with Crippen molar-refractivity contribution in [1.82, 2.24) is 0 Å². The third-order valence-corrected chi connectivity index (χ3v) is 0.629. The lowest BCUT2D eigenvalue weighted by Gasteiger charge is -1.78. The van der Waals surface area contributed by atoms with Gasteiger partial charge in [-0.3, -0.25) is 4.79 Å². The topological polar surface area (TPSA) is 74.6 Å². The molecule has 0 rings (SSSR count). The lowest BCUT2D eigenvalue weighted by molar-refractivity contribution is -0.131. The quantitative estimate of drug-likeness (QED) is 0.438. The van der Waals surface area contributed by atoms with Gasteiger partial charge in [0.2, 0.25) is 0 Å². The second-order valence-corrected chi connectivity index (χ2v) is 1.39. The normalized spacial score (nSPS) is 10.8. The summed E-state index contributed by atoms with van der Waals surface area (Å²) < 4.78 is 0. The number of carbonyl (C=O) groups is 2. The molecule has 0 spiro atoms. The zero-order valence-electron chi connectivity index (χ0n) is 5.02. The van der Waals surface area contributed by atoms with Gasteiger partial charge in [-0.05, 0) is 6.08 Å². The van der Waals surface area contributed by atoms with Gasteiger partial charge in [0.05, 0.1) is 6.26 Å². The Labute approximate surface area is 57.1 Å².